The second-order valence-electron chi connectivity index (χ2n) is 5.50. The molecule has 0 amide bonds. The Morgan fingerprint density at radius 2 is 1.95 bits per heavy atom. The van der Waals surface area contributed by atoms with Crippen molar-refractivity contribution in [3.05, 3.63) is 58.0 Å². The fraction of sp³-hybridized carbons (Fsp3) is 0.333. The Bertz CT molecular complexity index is 699. The number of fused-ring (bicyclic) bond motifs is 5. The predicted molar refractivity (Wildman–Crippen MR) is 81.2 cm³/mol. The molecule has 2 aromatic rings. The molecular formula is C15H12ClNO3S. The van der Waals surface area contributed by atoms with E-state index in [1.165, 1.54) is 11.1 Å². The van der Waals surface area contributed by atoms with Crippen LogP contribution in [0, 0.1) is 10.1 Å². The molecule has 4 atom stereocenters. The summed E-state index contributed by atoms with van der Waals surface area (Å²) < 4.78 is 5.31. The maximum Gasteiger partial charge on any atom is 0.269 e. The van der Waals surface area contributed by atoms with E-state index < -0.39 is 0 Å². The van der Waals surface area contributed by atoms with Gasteiger partial charge in [0, 0.05) is 39.5 Å². The molecule has 0 aliphatic heterocycles. The lowest BCUT2D eigenvalue weighted by molar-refractivity contribution is -0.384. The third kappa shape index (κ3) is 1.99. The number of furan rings is 1. The minimum Gasteiger partial charge on any atom is -0.472 e. The molecule has 1 aromatic carbocycles. The zero-order valence-corrected chi connectivity index (χ0v) is 12.5. The highest BCUT2D eigenvalue weighted by atomic mass is 35.5. The summed E-state index contributed by atoms with van der Waals surface area (Å²) in [6, 6.07) is 6.75. The Morgan fingerprint density at radius 3 is 2.67 bits per heavy atom. The molecule has 4 nitrogen and oxygen atoms in total. The Morgan fingerprint density at radius 1 is 1.24 bits per heavy atom. The average molecular weight is 322 g/mol. The van der Waals surface area contributed by atoms with Crippen LogP contribution in [0.5, 0.6) is 0 Å². The summed E-state index contributed by atoms with van der Waals surface area (Å²) in [5, 5.41) is 11.2. The monoisotopic (exact) mass is 321 g/mol. The van der Waals surface area contributed by atoms with Crippen molar-refractivity contribution in [1.29, 1.82) is 0 Å². The lowest BCUT2D eigenvalue weighted by Gasteiger charge is -2.17. The first-order valence-electron chi connectivity index (χ1n) is 6.76. The van der Waals surface area contributed by atoms with E-state index in [2.05, 4.69) is 0 Å². The Balaban J connectivity index is 1.59. The van der Waals surface area contributed by atoms with Crippen molar-refractivity contribution in [2.24, 2.45) is 0 Å². The molecule has 1 heterocycles. The van der Waals surface area contributed by atoms with E-state index in [-0.39, 0.29) is 16.0 Å². The lowest BCUT2D eigenvalue weighted by Crippen LogP contribution is -2.11. The number of benzene rings is 1. The summed E-state index contributed by atoms with van der Waals surface area (Å²) in [4.78, 5) is 11.4. The maximum atomic E-state index is 10.7. The van der Waals surface area contributed by atoms with E-state index in [1.54, 1.807) is 23.9 Å². The minimum absolute atomic E-state index is 0.125. The van der Waals surface area contributed by atoms with E-state index in [4.69, 9.17) is 16.0 Å². The van der Waals surface area contributed by atoms with Crippen molar-refractivity contribution in [3.63, 3.8) is 0 Å². The van der Waals surface area contributed by atoms with Crippen molar-refractivity contribution in [2.75, 3.05) is 0 Å². The molecule has 1 fully saturated rings. The maximum absolute atomic E-state index is 10.7. The Labute approximate surface area is 130 Å². The first-order chi connectivity index (χ1) is 10.1. The van der Waals surface area contributed by atoms with Gasteiger partial charge in [0.15, 0.2) is 0 Å². The van der Waals surface area contributed by atoms with Gasteiger partial charge in [0.25, 0.3) is 5.69 Å². The highest BCUT2D eigenvalue weighted by molar-refractivity contribution is 8.00. The van der Waals surface area contributed by atoms with Crippen molar-refractivity contribution in [3.8, 4) is 0 Å². The van der Waals surface area contributed by atoms with E-state index in [1.807, 2.05) is 24.7 Å². The third-order valence-corrected chi connectivity index (χ3v) is 6.31. The molecular weight excluding hydrogens is 310 g/mol. The quantitative estimate of drug-likeness (QED) is 0.473. The van der Waals surface area contributed by atoms with E-state index in [0.717, 1.165) is 11.3 Å². The number of non-ortho nitro benzene ring substituents is 1. The molecule has 2 aliphatic carbocycles. The minimum atomic E-state index is -0.375. The molecule has 108 valence electrons. The van der Waals surface area contributed by atoms with Crippen molar-refractivity contribution < 1.29 is 9.34 Å². The molecule has 0 spiro atoms. The molecule has 0 N–H and O–H groups in total. The standard InChI is InChI=1S/C15H12ClNO3S/c16-13-5-10-11-6-20-7-12(11)14(13)15(10)21-9-3-1-8(2-4-9)17(18)19/h1-4,6-7,10,13-15H,5H2/t10-,13+,14-,15?/m0/s1. The highest BCUT2D eigenvalue weighted by Crippen LogP contribution is 2.60. The summed E-state index contributed by atoms with van der Waals surface area (Å²) in [6.07, 6.45) is 4.63. The summed E-state index contributed by atoms with van der Waals surface area (Å²) >= 11 is 8.24. The van der Waals surface area contributed by atoms with Crippen LogP contribution in [-0.2, 0) is 0 Å². The van der Waals surface area contributed by atoms with Crippen LogP contribution in [0.4, 0.5) is 5.69 Å². The SMILES string of the molecule is O=[N+]([O-])c1ccc(SC2[C@H]3c4cocc4[C@@H]2C[C@H]3Cl)cc1. The van der Waals surface area contributed by atoms with Crippen LogP contribution in [0.15, 0.2) is 46.1 Å². The summed E-state index contributed by atoms with van der Waals surface area (Å²) in [7, 11) is 0. The first kappa shape index (κ1) is 13.2. The van der Waals surface area contributed by atoms with Gasteiger partial charge in [0.05, 0.1) is 17.4 Å². The van der Waals surface area contributed by atoms with Gasteiger partial charge in [-0.2, -0.15) is 0 Å². The molecule has 2 bridgehead atoms. The predicted octanol–water partition coefficient (Wildman–Crippen LogP) is 4.54. The Hall–Kier alpha value is -1.46. The number of alkyl halides is 1. The number of hydrogen-bond donors (Lipinski definition) is 0. The van der Waals surface area contributed by atoms with Gasteiger partial charge in [-0.15, -0.1) is 23.4 Å². The zero-order valence-electron chi connectivity index (χ0n) is 10.9. The average Bonchev–Trinajstić information content (AvgIpc) is 3.10. The number of nitrogens with zero attached hydrogens (tertiary/aromatic N) is 1. The van der Waals surface area contributed by atoms with Crippen LogP contribution < -0.4 is 0 Å². The fourth-order valence-corrected chi connectivity index (χ4v) is 5.59. The molecule has 6 heteroatoms. The summed E-state index contributed by atoms with van der Waals surface area (Å²) in [5.74, 6) is 0.733. The van der Waals surface area contributed by atoms with Crippen LogP contribution in [0.25, 0.3) is 0 Å². The van der Waals surface area contributed by atoms with Gasteiger partial charge in [-0.3, -0.25) is 10.1 Å². The molecule has 0 saturated heterocycles. The van der Waals surface area contributed by atoms with E-state index in [9.17, 15) is 10.1 Å². The molecule has 1 aromatic heterocycles. The van der Waals surface area contributed by atoms with Gasteiger partial charge in [0.1, 0.15) is 0 Å². The van der Waals surface area contributed by atoms with Gasteiger partial charge in [0.2, 0.25) is 0 Å². The van der Waals surface area contributed by atoms with Gasteiger partial charge < -0.3 is 4.42 Å². The largest absolute Gasteiger partial charge is 0.472 e. The van der Waals surface area contributed by atoms with Crippen LogP contribution >= 0.6 is 23.4 Å². The number of hydrogen-bond acceptors (Lipinski definition) is 4. The molecule has 0 radical (unpaired) electrons. The summed E-state index contributed by atoms with van der Waals surface area (Å²) in [6.45, 7) is 0. The first-order valence-corrected chi connectivity index (χ1v) is 8.08. The third-order valence-electron chi connectivity index (χ3n) is 4.42. The number of nitro benzene ring substituents is 1. The fourth-order valence-electron chi connectivity index (χ4n) is 3.50. The molecule has 2 aliphatic rings. The van der Waals surface area contributed by atoms with Crippen molar-refractivity contribution in [1.82, 2.24) is 0 Å². The smallest absolute Gasteiger partial charge is 0.269 e. The van der Waals surface area contributed by atoms with Crippen LogP contribution in [-0.4, -0.2) is 15.6 Å². The van der Waals surface area contributed by atoms with Crippen molar-refractivity contribution >= 4 is 29.1 Å². The Kier molecular flexibility index (Phi) is 3.01. The van der Waals surface area contributed by atoms with E-state index >= 15 is 0 Å². The second-order valence-corrected chi connectivity index (χ2v) is 7.31. The van der Waals surface area contributed by atoms with E-state index in [0.29, 0.717) is 17.1 Å². The van der Waals surface area contributed by atoms with Crippen molar-refractivity contribution in [2.45, 2.75) is 33.8 Å². The topological polar surface area (TPSA) is 56.3 Å². The molecule has 21 heavy (non-hydrogen) atoms. The number of thioether (sulfide) groups is 1. The van der Waals surface area contributed by atoms with Gasteiger partial charge in [-0.1, -0.05) is 0 Å². The summed E-state index contributed by atoms with van der Waals surface area (Å²) in [5.41, 5.74) is 2.65. The number of nitro groups is 1. The van der Waals surface area contributed by atoms with Crippen LogP contribution in [0.2, 0.25) is 0 Å². The normalized spacial score (nSPS) is 29.6. The highest BCUT2D eigenvalue weighted by Gasteiger charge is 2.52. The van der Waals surface area contributed by atoms with Gasteiger partial charge in [-0.05, 0) is 29.7 Å². The van der Waals surface area contributed by atoms with Gasteiger partial charge >= 0.3 is 0 Å². The molecule has 1 unspecified atom stereocenters. The molecule has 4 rings (SSSR count). The van der Waals surface area contributed by atoms with Gasteiger partial charge in [-0.25, -0.2) is 0 Å². The van der Waals surface area contributed by atoms with Crippen LogP contribution in [0.3, 0.4) is 0 Å². The number of halogens is 1. The second kappa shape index (κ2) is 4.78. The lowest BCUT2D eigenvalue weighted by atomic mass is 9.96. The van der Waals surface area contributed by atoms with Crippen LogP contribution in [0.1, 0.15) is 29.4 Å². The molecule has 1 saturated carbocycles. The zero-order chi connectivity index (χ0) is 14.6. The number of rotatable bonds is 3.